The van der Waals surface area contributed by atoms with Crippen molar-refractivity contribution in [3.63, 3.8) is 0 Å². The zero-order valence-electron chi connectivity index (χ0n) is 11.5. The maximum Gasteiger partial charge on any atom is 0.418 e. The molecule has 0 saturated heterocycles. The first-order valence-electron chi connectivity index (χ1n) is 6.71. The third-order valence-electron chi connectivity index (χ3n) is 2.92. The second-order valence-electron chi connectivity index (χ2n) is 4.69. The summed E-state index contributed by atoms with van der Waals surface area (Å²) in [5.74, 6) is -0.435. The van der Waals surface area contributed by atoms with Crippen LogP contribution in [0.15, 0.2) is 18.2 Å². The molecule has 1 rings (SSSR count). The average Bonchev–Trinajstić information content (AvgIpc) is 2.39. The lowest BCUT2D eigenvalue weighted by atomic mass is 10.1. The predicted molar refractivity (Wildman–Crippen MR) is 77.2 cm³/mol. The van der Waals surface area contributed by atoms with Gasteiger partial charge in [0, 0.05) is 11.4 Å². The van der Waals surface area contributed by atoms with Gasteiger partial charge in [0.1, 0.15) is 0 Å². The van der Waals surface area contributed by atoms with Crippen LogP contribution in [0.4, 0.5) is 18.9 Å². The van der Waals surface area contributed by atoms with Gasteiger partial charge in [0.15, 0.2) is 0 Å². The smallest absolute Gasteiger partial charge is 0.330 e. The number of anilines is 1. The highest BCUT2D eigenvalue weighted by molar-refractivity contribution is 6.30. The number of benzene rings is 1. The summed E-state index contributed by atoms with van der Waals surface area (Å²) in [6.45, 7) is 0.603. The van der Waals surface area contributed by atoms with Gasteiger partial charge in [0.2, 0.25) is 5.91 Å². The Bertz CT molecular complexity index is 478. The van der Waals surface area contributed by atoms with Crippen molar-refractivity contribution in [1.29, 1.82) is 0 Å². The van der Waals surface area contributed by atoms with Gasteiger partial charge in [-0.1, -0.05) is 24.4 Å². The van der Waals surface area contributed by atoms with Crippen molar-refractivity contribution in [3.8, 4) is 0 Å². The molecule has 0 unspecified atom stereocenters. The molecule has 0 spiro atoms. The van der Waals surface area contributed by atoms with Gasteiger partial charge in [-0.25, -0.2) is 0 Å². The first-order chi connectivity index (χ1) is 9.84. The van der Waals surface area contributed by atoms with E-state index in [0.29, 0.717) is 13.0 Å². The van der Waals surface area contributed by atoms with Gasteiger partial charge in [-0.05, 0) is 37.6 Å². The van der Waals surface area contributed by atoms with Crippen molar-refractivity contribution in [2.24, 2.45) is 5.73 Å². The Morgan fingerprint density at radius 3 is 2.48 bits per heavy atom. The fourth-order valence-corrected chi connectivity index (χ4v) is 2.03. The maximum atomic E-state index is 12.8. The lowest BCUT2D eigenvalue weighted by molar-refractivity contribution is -0.137. The quantitative estimate of drug-likeness (QED) is 0.739. The van der Waals surface area contributed by atoms with Crippen LogP contribution in [-0.2, 0) is 11.0 Å². The standard InChI is InChI=1S/C14H18ClF3N2O/c15-10-6-7-12(11(9-10)14(16,17)18)20-13(21)5-3-1-2-4-8-19/h6-7,9H,1-5,8,19H2,(H,20,21). The number of halogens is 4. The molecule has 0 heterocycles. The van der Waals surface area contributed by atoms with Gasteiger partial charge in [-0.15, -0.1) is 0 Å². The molecule has 3 nitrogen and oxygen atoms in total. The van der Waals surface area contributed by atoms with Gasteiger partial charge in [-0.2, -0.15) is 13.2 Å². The molecule has 21 heavy (non-hydrogen) atoms. The minimum absolute atomic E-state index is 0.0258. The number of hydrogen-bond donors (Lipinski definition) is 2. The Balaban J connectivity index is 2.60. The van der Waals surface area contributed by atoms with Crippen LogP contribution in [0, 0.1) is 0 Å². The first-order valence-corrected chi connectivity index (χ1v) is 7.09. The van der Waals surface area contributed by atoms with Crippen LogP contribution < -0.4 is 11.1 Å². The summed E-state index contributed by atoms with van der Waals surface area (Å²) < 4.78 is 38.5. The van der Waals surface area contributed by atoms with Gasteiger partial charge in [-0.3, -0.25) is 4.79 Å². The van der Waals surface area contributed by atoms with Crippen molar-refractivity contribution in [1.82, 2.24) is 0 Å². The summed E-state index contributed by atoms with van der Waals surface area (Å²) in [5.41, 5.74) is 4.14. The van der Waals surface area contributed by atoms with Crippen LogP contribution >= 0.6 is 11.6 Å². The van der Waals surface area contributed by atoms with Gasteiger partial charge in [0.25, 0.3) is 0 Å². The molecule has 0 radical (unpaired) electrons. The molecule has 0 aliphatic heterocycles. The summed E-state index contributed by atoms with van der Waals surface area (Å²) in [6.07, 6.45) is -1.12. The van der Waals surface area contributed by atoms with Gasteiger partial charge in [0.05, 0.1) is 11.3 Å². The number of rotatable bonds is 7. The summed E-state index contributed by atoms with van der Waals surface area (Å²) in [7, 11) is 0. The molecule has 0 bridgehead atoms. The van der Waals surface area contributed by atoms with Crippen LogP contribution in [0.3, 0.4) is 0 Å². The van der Waals surface area contributed by atoms with Crippen LogP contribution in [0.1, 0.15) is 37.7 Å². The number of alkyl halides is 3. The molecule has 0 aliphatic carbocycles. The Hall–Kier alpha value is -1.27. The molecule has 0 fully saturated rings. The summed E-state index contributed by atoms with van der Waals surface area (Å²) in [4.78, 5) is 11.7. The number of nitrogens with one attached hydrogen (secondary N) is 1. The maximum absolute atomic E-state index is 12.8. The van der Waals surface area contributed by atoms with E-state index in [9.17, 15) is 18.0 Å². The molecule has 0 atom stereocenters. The topological polar surface area (TPSA) is 55.1 Å². The van der Waals surface area contributed by atoms with Gasteiger partial charge < -0.3 is 11.1 Å². The van der Waals surface area contributed by atoms with Crippen molar-refractivity contribution in [3.05, 3.63) is 28.8 Å². The van der Waals surface area contributed by atoms with Gasteiger partial charge >= 0.3 is 6.18 Å². The average molecular weight is 323 g/mol. The lowest BCUT2D eigenvalue weighted by Gasteiger charge is -2.14. The molecular weight excluding hydrogens is 305 g/mol. The molecule has 0 aliphatic rings. The Labute approximate surface area is 126 Å². The van der Waals surface area contributed by atoms with E-state index in [1.165, 1.54) is 6.07 Å². The largest absolute Gasteiger partial charge is 0.418 e. The highest BCUT2D eigenvalue weighted by Gasteiger charge is 2.34. The lowest BCUT2D eigenvalue weighted by Crippen LogP contribution is -2.16. The monoisotopic (exact) mass is 322 g/mol. The third-order valence-corrected chi connectivity index (χ3v) is 3.15. The Kier molecular flexibility index (Phi) is 6.98. The number of unbranched alkanes of at least 4 members (excludes halogenated alkanes) is 3. The molecule has 1 aromatic rings. The molecule has 1 aromatic carbocycles. The molecule has 0 aromatic heterocycles. The highest BCUT2D eigenvalue weighted by atomic mass is 35.5. The number of carbonyl (C=O) groups excluding carboxylic acids is 1. The molecule has 3 N–H and O–H groups in total. The molecule has 118 valence electrons. The van der Waals surface area contributed by atoms with E-state index in [2.05, 4.69) is 5.32 Å². The van der Waals surface area contributed by atoms with Crippen LogP contribution in [0.5, 0.6) is 0 Å². The second-order valence-corrected chi connectivity index (χ2v) is 5.13. The minimum atomic E-state index is -4.56. The minimum Gasteiger partial charge on any atom is -0.330 e. The summed E-state index contributed by atoms with van der Waals surface area (Å²) >= 11 is 5.57. The van der Waals surface area contributed by atoms with E-state index >= 15 is 0 Å². The number of carbonyl (C=O) groups is 1. The highest BCUT2D eigenvalue weighted by Crippen LogP contribution is 2.36. The van der Waals surface area contributed by atoms with E-state index < -0.39 is 17.6 Å². The zero-order chi connectivity index (χ0) is 15.9. The molecular formula is C14H18ClF3N2O. The normalized spacial score (nSPS) is 11.5. The van der Waals surface area contributed by atoms with E-state index in [1.54, 1.807) is 0 Å². The van der Waals surface area contributed by atoms with Crippen molar-refractivity contribution in [2.45, 2.75) is 38.3 Å². The fourth-order valence-electron chi connectivity index (χ4n) is 1.86. The van der Waals surface area contributed by atoms with Crippen LogP contribution in [-0.4, -0.2) is 12.5 Å². The van der Waals surface area contributed by atoms with Crippen molar-refractivity contribution < 1.29 is 18.0 Å². The Morgan fingerprint density at radius 2 is 1.86 bits per heavy atom. The first kappa shape index (κ1) is 17.8. The number of nitrogens with two attached hydrogens (primary N) is 1. The molecule has 7 heteroatoms. The number of hydrogen-bond acceptors (Lipinski definition) is 2. The van der Waals surface area contributed by atoms with Crippen molar-refractivity contribution >= 4 is 23.2 Å². The fraction of sp³-hybridized carbons (Fsp3) is 0.500. The third kappa shape index (κ3) is 6.35. The van der Waals surface area contributed by atoms with Crippen molar-refractivity contribution in [2.75, 3.05) is 11.9 Å². The Morgan fingerprint density at radius 1 is 1.19 bits per heavy atom. The SMILES string of the molecule is NCCCCCCC(=O)Nc1ccc(Cl)cc1C(F)(F)F. The van der Waals surface area contributed by atoms with Crippen LogP contribution in [0.25, 0.3) is 0 Å². The zero-order valence-corrected chi connectivity index (χ0v) is 12.2. The van der Waals surface area contributed by atoms with Crippen LogP contribution in [0.2, 0.25) is 5.02 Å². The van der Waals surface area contributed by atoms with E-state index in [-0.39, 0.29) is 17.1 Å². The summed E-state index contributed by atoms with van der Waals surface area (Å²) in [6, 6.07) is 3.28. The van der Waals surface area contributed by atoms with E-state index in [1.807, 2.05) is 0 Å². The van der Waals surface area contributed by atoms with E-state index in [4.69, 9.17) is 17.3 Å². The number of amides is 1. The predicted octanol–water partition coefficient (Wildman–Crippen LogP) is 4.21. The summed E-state index contributed by atoms with van der Waals surface area (Å²) in [5, 5.41) is 2.27. The molecule has 1 amide bonds. The second kappa shape index (κ2) is 8.24. The molecule has 0 saturated carbocycles. The van der Waals surface area contributed by atoms with E-state index in [0.717, 1.165) is 31.4 Å².